The number of nitrogens with zero attached hydrogens (tertiary/aromatic N) is 1. The Morgan fingerprint density at radius 1 is 1.62 bits per heavy atom. The molecule has 88 valence electrons. The lowest BCUT2D eigenvalue weighted by atomic mass is 10.2. The maximum atomic E-state index is 12.0. The van der Waals surface area contributed by atoms with Crippen molar-refractivity contribution in [1.29, 1.82) is 0 Å². The van der Waals surface area contributed by atoms with Crippen molar-refractivity contribution in [2.24, 2.45) is 5.73 Å². The van der Waals surface area contributed by atoms with E-state index in [9.17, 15) is 4.79 Å². The summed E-state index contributed by atoms with van der Waals surface area (Å²) in [5.41, 5.74) is 6.00. The molecule has 0 saturated carbocycles. The maximum absolute atomic E-state index is 12.0. The molecular formula is C11H16N2O2S. The Kier molecular flexibility index (Phi) is 4.49. The van der Waals surface area contributed by atoms with Crippen LogP contribution >= 0.6 is 12.2 Å². The molecule has 0 saturated heterocycles. The zero-order valence-electron chi connectivity index (χ0n) is 9.53. The first-order valence-electron chi connectivity index (χ1n) is 5.17. The van der Waals surface area contributed by atoms with Crippen LogP contribution in [-0.4, -0.2) is 28.9 Å². The van der Waals surface area contributed by atoms with Crippen molar-refractivity contribution in [3.05, 3.63) is 23.7 Å². The molecule has 0 aliphatic rings. The van der Waals surface area contributed by atoms with Crippen LogP contribution < -0.4 is 5.73 Å². The molecule has 0 radical (unpaired) electrons. The van der Waals surface area contributed by atoms with Crippen LogP contribution in [0.2, 0.25) is 0 Å². The first-order chi connectivity index (χ1) is 7.54. The Morgan fingerprint density at radius 2 is 2.31 bits per heavy atom. The molecule has 0 aromatic carbocycles. The highest BCUT2D eigenvalue weighted by Crippen LogP contribution is 2.10. The molecular weight excluding hydrogens is 224 g/mol. The fourth-order valence-corrected chi connectivity index (χ4v) is 1.60. The molecule has 0 bridgehead atoms. The number of amides is 1. The van der Waals surface area contributed by atoms with Gasteiger partial charge in [-0.05, 0) is 19.4 Å². The minimum Gasteiger partial charge on any atom is -0.469 e. The van der Waals surface area contributed by atoms with E-state index >= 15 is 0 Å². The van der Waals surface area contributed by atoms with Gasteiger partial charge in [-0.2, -0.15) is 0 Å². The standard InChI is InChI=1S/C11H16N2O2S/c1-3-4-13(6-10(12)16)11(14)9-5-8(2)15-7-9/h5,7H,3-4,6H2,1-2H3,(H2,12,16). The van der Waals surface area contributed by atoms with Gasteiger partial charge in [0.05, 0.1) is 17.1 Å². The minimum absolute atomic E-state index is 0.0912. The Morgan fingerprint density at radius 3 is 2.75 bits per heavy atom. The SMILES string of the molecule is CCCN(CC(N)=S)C(=O)c1coc(C)c1. The first kappa shape index (κ1) is 12.7. The lowest BCUT2D eigenvalue weighted by Gasteiger charge is -2.20. The van der Waals surface area contributed by atoms with Gasteiger partial charge >= 0.3 is 0 Å². The third kappa shape index (κ3) is 3.34. The summed E-state index contributed by atoms with van der Waals surface area (Å²) in [7, 11) is 0. The minimum atomic E-state index is -0.0912. The summed E-state index contributed by atoms with van der Waals surface area (Å²) in [5.74, 6) is 0.627. The highest BCUT2D eigenvalue weighted by atomic mass is 32.1. The molecule has 16 heavy (non-hydrogen) atoms. The smallest absolute Gasteiger partial charge is 0.257 e. The molecule has 1 aromatic rings. The number of carbonyl (C=O) groups is 1. The first-order valence-corrected chi connectivity index (χ1v) is 5.58. The summed E-state index contributed by atoms with van der Waals surface area (Å²) >= 11 is 4.82. The van der Waals surface area contributed by atoms with E-state index in [1.165, 1.54) is 6.26 Å². The molecule has 1 heterocycles. The zero-order valence-corrected chi connectivity index (χ0v) is 10.3. The zero-order chi connectivity index (χ0) is 12.1. The van der Waals surface area contributed by atoms with Gasteiger partial charge in [-0.15, -0.1) is 0 Å². The van der Waals surface area contributed by atoms with Gasteiger partial charge in [-0.3, -0.25) is 4.79 Å². The Labute approximate surface area is 100 Å². The normalized spacial score (nSPS) is 10.1. The van der Waals surface area contributed by atoms with Gasteiger partial charge < -0.3 is 15.1 Å². The molecule has 1 amide bonds. The molecule has 0 aliphatic carbocycles. The molecule has 1 aromatic heterocycles. The molecule has 4 nitrogen and oxygen atoms in total. The molecule has 0 unspecified atom stereocenters. The predicted octanol–water partition coefficient (Wildman–Crippen LogP) is 1.73. The van der Waals surface area contributed by atoms with E-state index in [0.29, 0.717) is 23.6 Å². The number of nitrogens with two attached hydrogens (primary N) is 1. The third-order valence-corrected chi connectivity index (χ3v) is 2.23. The second kappa shape index (κ2) is 5.65. The molecule has 0 aliphatic heterocycles. The van der Waals surface area contributed by atoms with Gasteiger partial charge in [0.1, 0.15) is 12.0 Å². The van der Waals surface area contributed by atoms with Crippen LogP contribution in [0.15, 0.2) is 16.7 Å². The maximum Gasteiger partial charge on any atom is 0.257 e. The average molecular weight is 240 g/mol. The molecule has 0 spiro atoms. The van der Waals surface area contributed by atoms with Gasteiger partial charge in [0.25, 0.3) is 5.91 Å². The highest BCUT2D eigenvalue weighted by molar-refractivity contribution is 7.80. The lowest BCUT2D eigenvalue weighted by molar-refractivity contribution is 0.0779. The van der Waals surface area contributed by atoms with E-state index in [-0.39, 0.29) is 5.91 Å². The molecule has 5 heteroatoms. The Balaban J connectivity index is 2.78. The van der Waals surface area contributed by atoms with Crippen molar-refractivity contribution < 1.29 is 9.21 Å². The second-order valence-corrected chi connectivity index (χ2v) is 4.16. The van der Waals surface area contributed by atoms with Gasteiger partial charge in [0.2, 0.25) is 0 Å². The van der Waals surface area contributed by atoms with E-state index < -0.39 is 0 Å². The van der Waals surface area contributed by atoms with E-state index in [2.05, 4.69) is 0 Å². The van der Waals surface area contributed by atoms with Gasteiger partial charge in [0, 0.05) is 6.54 Å². The summed E-state index contributed by atoms with van der Waals surface area (Å²) in [4.78, 5) is 14.0. The van der Waals surface area contributed by atoms with Crippen LogP contribution in [0.25, 0.3) is 0 Å². The van der Waals surface area contributed by atoms with Crippen LogP contribution in [0.1, 0.15) is 29.5 Å². The van der Waals surface area contributed by atoms with E-state index in [0.717, 1.165) is 12.2 Å². The van der Waals surface area contributed by atoms with Gasteiger partial charge in [-0.25, -0.2) is 0 Å². The van der Waals surface area contributed by atoms with Gasteiger partial charge in [-0.1, -0.05) is 19.1 Å². The fourth-order valence-electron chi connectivity index (χ4n) is 1.45. The number of hydrogen-bond donors (Lipinski definition) is 1. The molecule has 0 atom stereocenters. The monoisotopic (exact) mass is 240 g/mol. The molecule has 0 fully saturated rings. The molecule has 1 rings (SSSR count). The van der Waals surface area contributed by atoms with Crippen molar-refractivity contribution in [1.82, 2.24) is 4.90 Å². The summed E-state index contributed by atoms with van der Waals surface area (Å²) in [5, 5.41) is 0. The van der Waals surface area contributed by atoms with Crippen molar-refractivity contribution in [3.63, 3.8) is 0 Å². The van der Waals surface area contributed by atoms with Crippen molar-refractivity contribution >= 4 is 23.1 Å². The Bertz CT molecular complexity index is 387. The Hall–Kier alpha value is -1.36. The summed E-state index contributed by atoms with van der Waals surface area (Å²) < 4.78 is 5.11. The van der Waals surface area contributed by atoms with Crippen LogP contribution in [0.3, 0.4) is 0 Å². The van der Waals surface area contributed by atoms with Crippen molar-refractivity contribution in [2.45, 2.75) is 20.3 Å². The second-order valence-electron chi connectivity index (χ2n) is 3.64. The quantitative estimate of drug-likeness (QED) is 0.796. The number of carbonyl (C=O) groups excluding carboxylic acids is 1. The largest absolute Gasteiger partial charge is 0.469 e. The average Bonchev–Trinajstić information content (AvgIpc) is 2.62. The van der Waals surface area contributed by atoms with Crippen LogP contribution in [0.4, 0.5) is 0 Å². The topological polar surface area (TPSA) is 59.5 Å². The van der Waals surface area contributed by atoms with Crippen LogP contribution in [-0.2, 0) is 0 Å². The molecule has 2 N–H and O–H groups in total. The fraction of sp³-hybridized carbons (Fsp3) is 0.455. The third-order valence-electron chi connectivity index (χ3n) is 2.10. The number of rotatable bonds is 5. The van der Waals surface area contributed by atoms with E-state index in [1.54, 1.807) is 17.9 Å². The van der Waals surface area contributed by atoms with Crippen LogP contribution in [0, 0.1) is 6.92 Å². The number of aryl methyl sites for hydroxylation is 1. The van der Waals surface area contributed by atoms with Gasteiger partial charge in [0.15, 0.2) is 0 Å². The highest BCUT2D eigenvalue weighted by Gasteiger charge is 2.17. The summed E-state index contributed by atoms with van der Waals surface area (Å²) in [6.45, 7) is 4.75. The summed E-state index contributed by atoms with van der Waals surface area (Å²) in [6.07, 6.45) is 2.32. The van der Waals surface area contributed by atoms with E-state index in [4.69, 9.17) is 22.4 Å². The summed E-state index contributed by atoms with van der Waals surface area (Å²) in [6, 6.07) is 1.71. The lowest BCUT2D eigenvalue weighted by Crippen LogP contribution is -2.38. The van der Waals surface area contributed by atoms with Crippen molar-refractivity contribution in [2.75, 3.05) is 13.1 Å². The van der Waals surface area contributed by atoms with E-state index in [1.807, 2.05) is 6.92 Å². The number of furan rings is 1. The van der Waals surface area contributed by atoms with Crippen LogP contribution in [0.5, 0.6) is 0 Å². The predicted molar refractivity (Wildman–Crippen MR) is 66.4 cm³/mol. The number of hydrogen-bond acceptors (Lipinski definition) is 3. The number of thiocarbonyl (C=S) groups is 1. The van der Waals surface area contributed by atoms with Crippen molar-refractivity contribution in [3.8, 4) is 0 Å².